The maximum absolute atomic E-state index is 13.6. The van der Waals surface area contributed by atoms with Crippen molar-refractivity contribution in [2.75, 3.05) is 5.32 Å². The first-order valence-electron chi connectivity index (χ1n) is 5.81. The van der Waals surface area contributed by atoms with Gasteiger partial charge in [-0.05, 0) is 43.7 Å². The Morgan fingerprint density at radius 3 is 2.58 bits per heavy atom. The number of rotatable bonds is 2. The van der Waals surface area contributed by atoms with Crippen LogP contribution in [0.3, 0.4) is 0 Å². The van der Waals surface area contributed by atoms with Gasteiger partial charge in [0.2, 0.25) is 0 Å². The zero-order valence-electron chi connectivity index (χ0n) is 10.6. The zero-order valence-corrected chi connectivity index (χ0v) is 12.2. The number of aryl methyl sites for hydroxylation is 2. The Balaban J connectivity index is 2.25. The molecule has 1 amide bonds. The molecule has 2 aromatic carbocycles. The van der Waals surface area contributed by atoms with E-state index in [1.165, 1.54) is 12.1 Å². The van der Waals surface area contributed by atoms with Crippen LogP contribution in [-0.2, 0) is 0 Å². The van der Waals surface area contributed by atoms with Gasteiger partial charge in [-0.3, -0.25) is 4.79 Å². The van der Waals surface area contributed by atoms with Gasteiger partial charge < -0.3 is 5.32 Å². The number of nitrogens with one attached hydrogen (secondary N) is 1. The number of carbonyl (C=O) groups excluding carboxylic acids is 1. The van der Waals surface area contributed by atoms with Crippen molar-refractivity contribution in [3.63, 3.8) is 0 Å². The molecule has 0 atom stereocenters. The maximum atomic E-state index is 13.6. The standard InChI is InChI=1S/C15H13BrFNO/c1-9-3-6-14(17)12(7-9)15(19)18-11-5-4-10(2)13(16)8-11/h3-8H,1-2H3,(H,18,19). The predicted octanol–water partition coefficient (Wildman–Crippen LogP) is 4.46. The van der Waals surface area contributed by atoms with E-state index < -0.39 is 11.7 Å². The second-order valence-corrected chi connectivity index (χ2v) is 5.26. The van der Waals surface area contributed by atoms with E-state index in [2.05, 4.69) is 21.2 Å². The molecule has 98 valence electrons. The number of hydrogen-bond acceptors (Lipinski definition) is 1. The summed E-state index contributed by atoms with van der Waals surface area (Å²) >= 11 is 3.39. The van der Waals surface area contributed by atoms with Crippen molar-refractivity contribution < 1.29 is 9.18 Å². The van der Waals surface area contributed by atoms with E-state index in [0.29, 0.717) is 5.69 Å². The van der Waals surface area contributed by atoms with Gasteiger partial charge in [0.05, 0.1) is 5.56 Å². The van der Waals surface area contributed by atoms with E-state index >= 15 is 0 Å². The van der Waals surface area contributed by atoms with Crippen LogP contribution in [0.4, 0.5) is 10.1 Å². The highest BCUT2D eigenvalue weighted by Crippen LogP contribution is 2.21. The molecule has 0 unspecified atom stereocenters. The largest absolute Gasteiger partial charge is 0.322 e. The summed E-state index contributed by atoms with van der Waals surface area (Å²) < 4.78 is 14.5. The zero-order chi connectivity index (χ0) is 14.0. The summed E-state index contributed by atoms with van der Waals surface area (Å²) in [4.78, 5) is 12.0. The van der Waals surface area contributed by atoms with Crippen LogP contribution < -0.4 is 5.32 Å². The average molecular weight is 322 g/mol. The lowest BCUT2D eigenvalue weighted by molar-refractivity contribution is 0.102. The fraction of sp³-hybridized carbons (Fsp3) is 0.133. The summed E-state index contributed by atoms with van der Waals surface area (Å²) in [5.41, 5.74) is 2.59. The number of halogens is 2. The highest BCUT2D eigenvalue weighted by atomic mass is 79.9. The Morgan fingerprint density at radius 2 is 1.89 bits per heavy atom. The Kier molecular flexibility index (Phi) is 4.00. The van der Waals surface area contributed by atoms with E-state index in [1.54, 1.807) is 18.2 Å². The minimum absolute atomic E-state index is 0.0525. The molecule has 0 aliphatic heterocycles. The van der Waals surface area contributed by atoms with Gasteiger partial charge in [0.15, 0.2) is 0 Å². The van der Waals surface area contributed by atoms with E-state index in [0.717, 1.165) is 15.6 Å². The highest BCUT2D eigenvalue weighted by molar-refractivity contribution is 9.10. The summed E-state index contributed by atoms with van der Waals surface area (Å²) in [6.07, 6.45) is 0. The van der Waals surface area contributed by atoms with Gasteiger partial charge in [0.1, 0.15) is 5.82 Å². The molecule has 0 heterocycles. The summed E-state index contributed by atoms with van der Waals surface area (Å²) in [5.74, 6) is -0.966. The highest BCUT2D eigenvalue weighted by Gasteiger charge is 2.12. The average Bonchev–Trinajstić information content (AvgIpc) is 2.36. The second-order valence-electron chi connectivity index (χ2n) is 4.40. The van der Waals surface area contributed by atoms with E-state index in [-0.39, 0.29) is 5.56 Å². The molecule has 2 rings (SSSR count). The van der Waals surface area contributed by atoms with Crippen LogP contribution in [0.15, 0.2) is 40.9 Å². The Morgan fingerprint density at radius 1 is 1.16 bits per heavy atom. The summed E-state index contributed by atoms with van der Waals surface area (Å²) in [5, 5.41) is 2.69. The molecule has 0 aliphatic carbocycles. The molecule has 0 radical (unpaired) electrons. The van der Waals surface area contributed by atoms with Crippen molar-refractivity contribution in [3.8, 4) is 0 Å². The fourth-order valence-corrected chi connectivity index (χ4v) is 2.06. The quantitative estimate of drug-likeness (QED) is 0.869. The fourth-order valence-electron chi connectivity index (χ4n) is 1.68. The molecule has 4 heteroatoms. The van der Waals surface area contributed by atoms with Gasteiger partial charge in [0.25, 0.3) is 5.91 Å². The van der Waals surface area contributed by atoms with Crippen molar-refractivity contribution in [2.24, 2.45) is 0 Å². The second kappa shape index (κ2) is 5.53. The molecular formula is C15H13BrFNO. The Hall–Kier alpha value is -1.68. The minimum Gasteiger partial charge on any atom is -0.322 e. The first-order valence-corrected chi connectivity index (χ1v) is 6.60. The van der Waals surface area contributed by atoms with Crippen molar-refractivity contribution in [3.05, 3.63) is 63.4 Å². The summed E-state index contributed by atoms with van der Waals surface area (Å²) in [6.45, 7) is 3.77. The van der Waals surface area contributed by atoms with Crippen LogP contribution in [0, 0.1) is 19.7 Å². The molecule has 0 bridgehead atoms. The minimum atomic E-state index is -0.519. The molecule has 0 fully saturated rings. The lowest BCUT2D eigenvalue weighted by Gasteiger charge is -2.08. The van der Waals surface area contributed by atoms with E-state index in [4.69, 9.17) is 0 Å². The third kappa shape index (κ3) is 3.20. The lowest BCUT2D eigenvalue weighted by atomic mass is 10.1. The number of anilines is 1. The van der Waals surface area contributed by atoms with Gasteiger partial charge in [-0.25, -0.2) is 4.39 Å². The maximum Gasteiger partial charge on any atom is 0.258 e. The van der Waals surface area contributed by atoms with Crippen LogP contribution in [0.25, 0.3) is 0 Å². The van der Waals surface area contributed by atoms with Crippen molar-refractivity contribution in [1.29, 1.82) is 0 Å². The van der Waals surface area contributed by atoms with Crippen LogP contribution in [0.5, 0.6) is 0 Å². The number of hydrogen-bond donors (Lipinski definition) is 1. The van der Waals surface area contributed by atoms with Crippen molar-refractivity contribution in [2.45, 2.75) is 13.8 Å². The molecule has 1 N–H and O–H groups in total. The first-order chi connectivity index (χ1) is 8.97. The SMILES string of the molecule is Cc1ccc(F)c(C(=O)Nc2ccc(C)c(Br)c2)c1. The summed E-state index contributed by atoms with van der Waals surface area (Å²) in [7, 11) is 0. The van der Waals surface area contributed by atoms with Crippen LogP contribution in [0.1, 0.15) is 21.5 Å². The number of benzene rings is 2. The molecule has 0 spiro atoms. The number of amides is 1. The molecule has 2 aromatic rings. The monoisotopic (exact) mass is 321 g/mol. The molecule has 2 nitrogen and oxygen atoms in total. The van der Waals surface area contributed by atoms with Gasteiger partial charge in [-0.2, -0.15) is 0 Å². The van der Waals surface area contributed by atoms with Crippen molar-refractivity contribution >= 4 is 27.5 Å². The molecule has 0 aromatic heterocycles. The molecule has 19 heavy (non-hydrogen) atoms. The molecule has 0 saturated carbocycles. The van der Waals surface area contributed by atoms with Gasteiger partial charge in [-0.15, -0.1) is 0 Å². The van der Waals surface area contributed by atoms with Gasteiger partial charge in [-0.1, -0.05) is 33.6 Å². The smallest absolute Gasteiger partial charge is 0.258 e. The van der Waals surface area contributed by atoms with Gasteiger partial charge >= 0.3 is 0 Å². The van der Waals surface area contributed by atoms with E-state index in [9.17, 15) is 9.18 Å². The third-order valence-electron chi connectivity index (χ3n) is 2.80. The number of carbonyl (C=O) groups is 1. The Labute approximate surface area is 119 Å². The third-order valence-corrected chi connectivity index (χ3v) is 3.65. The van der Waals surface area contributed by atoms with Gasteiger partial charge in [0, 0.05) is 10.2 Å². The first kappa shape index (κ1) is 13.7. The summed E-state index contributed by atoms with van der Waals surface area (Å²) in [6, 6.07) is 9.93. The predicted molar refractivity (Wildman–Crippen MR) is 78.0 cm³/mol. The van der Waals surface area contributed by atoms with Crippen LogP contribution in [-0.4, -0.2) is 5.91 Å². The Bertz CT molecular complexity index is 640. The normalized spacial score (nSPS) is 10.3. The van der Waals surface area contributed by atoms with E-state index in [1.807, 2.05) is 19.9 Å². The van der Waals surface area contributed by atoms with Crippen LogP contribution in [0.2, 0.25) is 0 Å². The van der Waals surface area contributed by atoms with Crippen LogP contribution >= 0.6 is 15.9 Å². The molecule has 0 aliphatic rings. The topological polar surface area (TPSA) is 29.1 Å². The molecule has 0 saturated heterocycles. The van der Waals surface area contributed by atoms with Crippen molar-refractivity contribution in [1.82, 2.24) is 0 Å². The lowest BCUT2D eigenvalue weighted by Crippen LogP contribution is -2.14. The molecular weight excluding hydrogens is 309 g/mol.